The third-order valence-corrected chi connectivity index (χ3v) is 3.12. The second-order valence-electron chi connectivity index (χ2n) is 5.28. The lowest BCUT2D eigenvalue weighted by Gasteiger charge is -2.31. The molecule has 5 heteroatoms. The number of anilines is 2. The van der Waals surface area contributed by atoms with Gasteiger partial charge in [0, 0.05) is 31.2 Å². The predicted octanol–water partition coefficient (Wildman–Crippen LogP) is 1.53. The van der Waals surface area contributed by atoms with E-state index in [1.807, 2.05) is 13.0 Å². The van der Waals surface area contributed by atoms with Crippen molar-refractivity contribution in [2.75, 3.05) is 23.3 Å². The molecule has 0 aromatic carbocycles. The highest BCUT2D eigenvalue weighted by Gasteiger charge is 2.18. The maximum absolute atomic E-state index is 5.93. The Hall–Kier alpha value is -1.36. The van der Waals surface area contributed by atoms with Gasteiger partial charge in [-0.05, 0) is 33.6 Å². The topological polar surface area (TPSA) is 67.1 Å². The molecule has 0 amide bonds. The fraction of sp³-hybridized carbons (Fsp3) is 0.692. The minimum Gasteiger partial charge on any atom is -0.368 e. The normalized spacial score (nSPS) is 17.3. The maximum atomic E-state index is 5.93. The molecule has 1 aliphatic heterocycles. The van der Waals surface area contributed by atoms with Gasteiger partial charge in [0.25, 0.3) is 0 Å². The average Bonchev–Trinajstić information content (AvgIpc) is 2.28. The molecule has 0 unspecified atom stereocenters. The highest BCUT2D eigenvalue weighted by molar-refractivity contribution is 5.50. The minimum atomic E-state index is 0.345. The van der Waals surface area contributed by atoms with Gasteiger partial charge in [-0.2, -0.15) is 0 Å². The molecule has 1 fully saturated rings. The average molecular weight is 249 g/mol. The van der Waals surface area contributed by atoms with E-state index < -0.39 is 0 Å². The van der Waals surface area contributed by atoms with Gasteiger partial charge in [0.1, 0.15) is 17.5 Å². The molecular weight excluding hydrogens is 226 g/mol. The number of nitrogens with two attached hydrogens (primary N) is 1. The smallest absolute Gasteiger partial charge is 0.134 e. The van der Waals surface area contributed by atoms with Crippen molar-refractivity contribution in [3.05, 3.63) is 11.9 Å². The number of hydrogen-bond acceptors (Lipinski definition) is 5. The highest BCUT2D eigenvalue weighted by Crippen LogP contribution is 2.20. The standard InChI is InChI=1S/C13H23N5/c1-9(2)15-12-8-13(17-10(3)16-12)18-6-4-11(14)5-7-18/h8-9,11H,4-7,14H2,1-3H3,(H,15,16,17). The fourth-order valence-electron chi connectivity index (χ4n) is 2.21. The summed E-state index contributed by atoms with van der Waals surface area (Å²) in [6.45, 7) is 8.12. The maximum Gasteiger partial charge on any atom is 0.134 e. The van der Waals surface area contributed by atoms with Crippen LogP contribution in [0.1, 0.15) is 32.5 Å². The molecule has 0 aliphatic carbocycles. The van der Waals surface area contributed by atoms with Crippen LogP contribution < -0.4 is 16.0 Å². The van der Waals surface area contributed by atoms with Crippen LogP contribution in [0.15, 0.2) is 6.07 Å². The van der Waals surface area contributed by atoms with Crippen molar-refractivity contribution in [2.24, 2.45) is 5.73 Å². The molecule has 100 valence electrons. The zero-order chi connectivity index (χ0) is 13.1. The van der Waals surface area contributed by atoms with Gasteiger partial charge in [0.15, 0.2) is 0 Å². The summed E-state index contributed by atoms with van der Waals surface area (Å²) in [6, 6.07) is 2.75. The molecule has 1 saturated heterocycles. The quantitative estimate of drug-likeness (QED) is 0.850. The van der Waals surface area contributed by atoms with E-state index in [0.29, 0.717) is 12.1 Å². The molecule has 0 spiro atoms. The van der Waals surface area contributed by atoms with Gasteiger partial charge in [0.05, 0.1) is 0 Å². The summed E-state index contributed by atoms with van der Waals surface area (Å²) < 4.78 is 0. The van der Waals surface area contributed by atoms with E-state index in [4.69, 9.17) is 5.73 Å². The van der Waals surface area contributed by atoms with E-state index in [2.05, 4.69) is 34.0 Å². The molecule has 2 rings (SSSR count). The molecule has 0 radical (unpaired) electrons. The van der Waals surface area contributed by atoms with Crippen LogP contribution in [0.5, 0.6) is 0 Å². The first-order chi connectivity index (χ1) is 8.54. The summed E-state index contributed by atoms with van der Waals surface area (Å²) in [5.41, 5.74) is 5.93. The molecule has 5 nitrogen and oxygen atoms in total. The van der Waals surface area contributed by atoms with Crippen molar-refractivity contribution < 1.29 is 0 Å². The molecule has 0 bridgehead atoms. The summed E-state index contributed by atoms with van der Waals surface area (Å²) in [5.74, 6) is 2.73. The van der Waals surface area contributed by atoms with Crippen molar-refractivity contribution >= 4 is 11.6 Å². The van der Waals surface area contributed by atoms with Gasteiger partial charge < -0.3 is 16.0 Å². The van der Waals surface area contributed by atoms with Gasteiger partial charge in [-0.3, -0.25) is 0 Å². The van der Waals surface area contributed by atoms with Crippen LogP contribution in [0.4, 0.5) is 11.6 Å². The van der Waals surface area contributed by atoms with Crippen molar-refractivity contribution in [1.29, 1.82) is 0 Å². The Bertz CT molecular complexity index is 396. The Morgan fingerprint density at radius 1 is 1.33 bits per heavy atom. The first-order valence-electron chi connectivity index (χ1n) is 6.67. The van der Waals surface area contributed by atoms with E-state index in [-0.39, 0.29) is 0 Å². The molecule has 18 heavy (non-hydrogen) atoms. The van der Waals surface area contributed by atoms with Gasteiger partial charge in [-0.25, -0.2) is 9.97 Å². The molecule has 1 aromatic rings. The molecule has 0 saturated carbocycles. The Morgan fingerprint density at radius 2 is 2.00 bits per heavy atom. The second-order valence-corrected chi connectivity index (χ2v) is 5.28. The molecule has 1 aromatic heterocycles. The largest absolute Gasteiger partial charge is 0.368 e. The zero-order valence-corrected chi connectivity index (χ0v) is 11.5. The summed E-state index contributed by atoms with van der Waals surface area (Å²) in [5, 5.41) is 3.33. The SMILES string of the molecule is Cc1nc(NC(C)C)cc(N2CCC(N)CC2)n1. The fourth-order valence-corrected chi connectivity index (χ4v) is 2.21. The third kappa shape index (κ3) is 3.32. The Balaban J connectivity index is 2.14. The second kappa shape index (κ2) is 5.52. The zero-order valence-electron chi connectivity index (χ0n) is 11.5. The number of nitrogens with zero attached hydrogens (tertiary/aromatic N) is 3. The van der Waals surface area contributed by atoms with Crippen LogP contribution in [0.3, 0.4) is 0 Å². The van der Waals surface area contributed by atoms with E-state index in [0.717, 1.165) is 43.4 Å². The lowest BCUT2D eigenvalue weighted by molar-refractivity contribution is 0.498. The molecule has 1 aliphatic rings. The number of aromatic nitrogens is 2. The highest BCUT2D eigenvalue weighted by atomic mass is 15.2. The lowest BCUT2D eigenvalue weighted by Crippen LogP contribution is -2.40. The number of nitrogens with one attached hydrogen (secondary N) is 1. The van der Waals surface area contributed by atoms with Crippen LogP contribution in [0.2, 0.25) is 0 Å². The van der Waals surface area contributed by atoms with Crippen LogP contribution in [-0.4, -0.2) is 35.1 Å². The van der Waals surface area contributed by atoms with Gasteiger partial charge in [-0.15, -0.1) is 0 Å². The Labute approximate surface area is 109 Å². The van der Waals surface area contributed by atoms with E-state index in [1.54, 1.807) is 0 Å². The lowest BCUT2D eigenvalue weighted by atomic mass is 10.1. The minimum absolute atomic E-state index is 0.345. The van der Waals surface area contributed by atoms with E-state index in [1.165, 1.54) is 0 Å². The van der Waals surface area contributed by atoms with Gasteiger partial charge >= 0.3 is 0 Å². The van der Waals surface area contributed by atoms with Crippen molar-refractivity contribution in [1.82, 2.24) is 9.97 Å². The summed E-state index contributed by atoms with van der Waals surface area (Å²) >= 11 is 0. The number of hydrogen-bond donors (Lipinski definition) is 2. The summed E-state index contributed by atoms with van der Waals surface area (Å²) in [4.78, 5) is 11.2. The van der Waals surface area contributed by atoms with Gasteiger partial charge in [0.2, 0.25) is 0 Å². The van der Waals surface area contributed by atoms with Crippen LogP contribution in [0, 0.1) is 6.92 Å². The van der Waals surface area contributed by atoms with Gasteiger partial charge in [-0.1, -0.05) is 0 Å². The van der Waals surface area contributed by atoms with E-state index >= 15 is 0 Å². The van der Waals surface area contributed by atoms with Crippen molar-refractivity contribution in [2.45, 2.75) is 45.7 Å². The predicted molar refractivity (Wildman–Crippen MR) is 75.0 cm³/mol. The monoisotopic (exact) mass is 249 g/mol. The Kier molecular flexibility index (Phi) is 4.01. The molecular formula is C13H23N5. The van der Waals surface area contributed by atoms with Crippen molar-refractivity contribution in [3.8, 4) is 0 Å². The number of rotatable bonds is 3. The van der Waals surface area contributed by atoms with Crippen LogP contribution in [0.25, 0.3) is 0 Å². The molecule has 3 N–H and O–H groups in total. The summed E-state index contributed by atoms with van der Waals surface area (Å²) in [7, 11) is 0. The summed E-state index contributed by atoms with van der Waals surface area (Å²) in [6.07, 6.45) is 2.08. The first kappa shape index (κ1) is 13.1. The molecule has 2 heterocycles. The van der Waals surface area contributed by atoms with E-state index in [9.17, 15) is 0 Å². The third-order valence-electron chi connectivity index (χ3n) is 3.12. The molecule has 0 atom stereocenters. The number of piperidine rings is 1. The van der Waals surface area contributed by atoms with Crippen LogP contribution in [-0.2, 0) is 0 Å². The van der Waals surface area contributed by atoms with Crippen LogP contribution >= 0.6 is 0 Å². The van der Waals surface area contributed by atoms with Crippen molar-refractivity contribution in [3.63, 3.8) is 0 Å². The number of aryl methyl sites for hydroxylation is 1. The first-order valence-corrected chi connectivity index (χ1v) is 6.67. The Morgan fingerprint density at radius 3 is 2.61 bits per heavy atom.